The van der Waals surface area contributed by atoms with Crippen molar-refractivity contribution in [3.05, 3.63) is 36.5 Å². The van der Waals surface area contributed by atoms with Crippen LogP contribution in [0.4, 0.5) is 0 Å². The van der Waals surface area contributed by atoms with Gasteiger partial charge in [-0.05, 0) is 18.2 Å². The molecule has 0 radical (unpaired) electrons. The molecule has 0 unspecified atom stereocenters. The zero-order valence-corrected chi connectivity index (χ0v) is 9.68. The number of hydrogen-bond acceptors (Lipinski definition) is 4. The Balaban J connectivity index is 2.56. The van der Waals surface area contributed by atoms with E-state index < -0.39 is 0 Å². The molecule has 1 aromatic heterocycles. The van der Waals surface area contributed by atoms with E-state index in [1.54, 1.807) is 19.4 Å². The van der Waals surface area contributed by atoms with Crippen molar-refractivity contribution in [1.82, 2.24) is 4.98 Å². The van der Waals surface area contributed by atoms with Crippen LogP contribution in [0.3, 0.4) is 0 Å². The number of aromatic nitrogens is 1. The molecule has 1 aromatic carbocycles. The van der Waals surface area contributed by atoms with E-state index in [4.69, 9.17) is 9.47 Å². The second kappa shape index (κ2) is 4.74. The summed E-state index contributed by atoms with van der Waals surface area (Å²) >= 11 is 0. The largest absolute Gasteiger partial charge is 0.507 e. The van der Waals surface area contributed by atoms with Gasteiger partial charge in [0.1, 0.15) is 5.75 Å². The SMILES string of the molecule is COc1cc(O)c(-c2ccccn2)cc1OC. The van der Waals surface area contributed by atoms with E-state index in [0.29, 0.717) is 22.8 Å². The highest BCUT2D eigenvalue weighted by Crippen LogP contribution is 2.38. The fourth-order valence-corrected chi connectivity index (χ4v) is 1.60. The summed E-state index contributed by atoms with van der Waals surface area (Å²) in [5, 5.41) is 9.92. The van der Waals surface area contributed by atoms with Gasteiger partial charge >= 0.3 is 0 Å². The number of phenols is 1. The molecular weight excluding hydrogens is 218 g/mol. The summed E-state index contributed by atoms with van der Waals surface area (Å²) in [6, 6.07) is 8.72. The highest BCUT2D eigenvalue weighted by Gasteiger charge is 2.12. The van der Waals surface area contributed by atoms with Crippen molar-refractivity contribution < 1.29 is 14.6 Å². The molecule has 0 aliphatic heterocycles. The molecule has 0 aliphatic rings. The van der Waals surface area contributed by atoms with Crippen LogP contribution in [0.15, 0.2) is 36.5 Å². The van der Waals surface area contributed by atoms with Crippen LogP contribution >= 0.6 is 0 Å². The van der Waals surface area contributed by atoms with Crippen molar-refractivity contribution in [2.45, 2.75) is 0 Å². The number of ether oxygens (including phenoxy) is 2. The quantitative estimate of drug-likeness (QED) is 0.881. The maximum absolute atomic E-state index is 9.92. The number of pyridine rings is 1. The minimum absolute atomic E-state index is 0.112. The van der Waals surface area contributed by atoms with Gasteiger partial charge in [-0.15, -0.1) is 0 Å². The molecule has 4 heteroatoms. The first-order chi connectivity index (χ1) is 8.26. The number of hydrogen-bond donors (Lipinski definition) is 1. The normalized spacial score (nSPS) is 10.0. The fraction of sp³-hybridized carbons (Fsp3) is 0.154. The molecule has 4 nitrogen and oxygen atoms in total. The topological polar surface area (TPSA) is 51.6 Å². The van der Waals surface area contributed by atoms with Crippen LogP contribution in [-0.2, 0) is 0 Å². The second-order valence-electron chi connectivity index (χ2n) is 3.44. The average Bonchev–Trinajstić information content (AvgIpc) is 2.39. The molecule has 2 rings (SSSR count). The Morgan fingerprint density at radius 2 is 1.76 bits per heavy atom. The number of phenolic OH excluding ortho intramolecular Hbond substituents is 1. The van der Waals surface area contributed by atoms with Gasteiger partial charge in [-0.3, -0.25) is 4.98 Å². The predicted molar refractivity (Wildman–Crippen MR) is 64.4 cm³/mol. The van der Waals surface area contributed by atoms with Crippen LogP contribution in [0.1, 0.15) is 0 Å². The molecule has 0 fully saturated rings. The monoisotopic (exact) mass is 231 g/mol. The summed E-state index contributed by atoms with van der Waals surface area (Å²) in [5.74, 6) is 1.16. The minimum Gasteiger partial charge on any atom is -0.507 e. The maximum Gasteiger partial charge on any atom is 0.164 e. The van der Waals surface area contributed by atoms with E-state index in [2.05, 4.69) is 4.98 Å². The van der Waals surface area contributed by atoms with Crippen molar-refractivity contribution in [2.75, 3.05) is 14.2 Å². The maximum atomic E-state index is 9.92. The van der Waals surface area contributed by atoms with Gasteiger partial charge < -0.3 is 14.6 Å². The zero-order chi connectivity index (χ0) is 12.3. The lowest BCUT2D eigenvalue weighted by Crippen LogP contribution is -1.92. The van der Waals surface area contributed by atoms with Crippen LogP contribution in [0.2, 0.25) is 0 Å². The molecule has 0 saturated heterocycles. The first-order valence-corrected chi connectivity index (χ1v) is 5.12. The van der Waals surface area contributed by atoms with Gasteiger partial charge in [-0.25, -0.2) is 0 Å². The minimum atomic E-state index is 0.112. The third-order valence-corrected chi connectivity index (χ3v) is 2.44. The molecule has 88 valence electrons. The lowest BCUT2D eigenvalue weighted by Gasteiger charge is -2.11. The highest BCUT2D eigenvalue weighted by molar-refractivity contribution is 5.71. The summed E-state index contributed by atoms with van der Waals surface area (Å²) in [6.07, 6.45) is 1.67. The molecule has 1 heterocycles. The fourth-order valence-electron chi connectivity index (χ4n) is 1.60. The van der Waals surface area contributed by atoms with Crippen LogP contribution in [0.5, 0.6) is 17.2 Å². The van der Waals surface area contributed by atoms with Gasteiger partial charge in [0.25, 0.3) is 0 Å². The van der Waals surface area contributed by atoms with Crippen molar-refractivity contribution in [1.29, 1.82) is 0 Å². The summed E-state index contributed by atoms with van der Waals surface area (Å²) in [6.45, 7) is 0. The van der Waals surface area contributed by atoms with E-state index >= 15 is 0 Å². The zero-order valence-electron chi connectivity index (χ0n) is 9.68. The number of aromatic hydroxyl groups is 1. The molecule has 17 heavy (non-hydrogen) atoms. The highest BCUT2D eigenvalue weighted by atomic mass is 16.5. The van der Waals surface area contributed by atoms with Crippen molar-refractivity contribution in [2.24, 2.45) is 0 Å². The molecule has 0 amide bonds. The van der Waals surface area contributed by atoms with Gasteiger partial charge in [0.2, 0.25) is 0 Å². The van der Waals surface area contributed by atoms with Gasteiger partial charge in [0, 0.05) is 17.8 Å². The Bertz CT molecular complexity index is 512. The standard InChI is InChI=1S/C13H13NO3/c1-16-12-7-9(10-5-3-4-6-14-10)11(15)8-13(12)17-2/h3-8,15H,1-2H3. The second-order valence-corrected chi connectivity index (χ2v) is 3.44. The Hall–Kier alpha value is -2.23. The summed E-state index contributed by atoms with van der Waals surface area (Å²) in [4.78, 5) is 4.18. The van der Waals surface area contributed by atoms with Gasteiger partial charge in [0.15, 0.2) is 11.5 Å². The van der Waals surface area contributed by atoms with Crippen molar-refractivity contribution >= 4 is 0 Å². The number of methoxy groups -OCH3 is 2. The average molecular weight is 231 g/mol. The summed E-state index contributed by atoms with van der Waals surface area (Å²) < 4.78 is 10.3. The molecule has 0 aliphatic carbocycles. The lowest BCUT2D eigenvalue weighted by molar-refractivity contribution is 0.352. The number of benzene rings is 1. The van der Waals surface area contributed by atoms with Gasteiger partial charge in [-0.2, -0.15) is 0 Å². The Kier molecular flexibility index (Phi) is 3.14. The molecule has 0 spiro atoms. The molecular formula is C13H13NO3. The first kappa shape index (κ1) is 11.3. The molecule has 1 N–H and O–H groups in total. The van der Waals surface area contributed by atoms with E-state index in [0.717, 1.165) is 0 Å². The summed E-state index contributed by atoms with van der Waals surface area (Å²) in [5.41, 5.74) is 1.30. The molecule has 0 bridgehead atoms. The third kappa shape index (κ3) is 2.15. The van der Waals surface area contributed by atoms with Crippen LogP contribution in [-0.4, -0.2) is 24.3 Å². The number of rotatable bonds is 3. The predicted octanol–water partition coefficient (Wildman–Crippen LogP) is 2.47. The van der Waals surface area contributed by atoms with E-state index in [-0.39, 0.29) is 5.75 Å². The molecule has 0 atom stereocenters. The Morgan fingerprint density at radius 3 is 2.35 bits per heavy atom. The van der Waals surface area contributed by atoms with Gasteiger partial charge in [0.05, 0.1) is 19.9 Å². The first-order valence-electron chi connectivity index (χ1n) is 5.12. The Morgan fingerprint density at radius 1 is 1.06 bits per heavy atom. The smallest absolute Gasteiger partial charge is 0.164 e. The summed E-state index contributed by atoms with van der Waals surface area (Å²) in [7, 11) is 3.08. The lowest BCUT2D eigenvalue weighted by atomic mass is 10.1. The Labute approximate surface area is 99.5 Å². The van der Waals surface area contributed by atoms with Crippen LogP contribution < -0.4 is 9.47 Å². The van der Waals surface area contributed by atoms with Gasteiger partial charge in [-0.1, -0.05) is 6.07 Å². The van der Waals surface area contributed by atoms with Crippen LogP contribution in [0.25, 0.3) is 11.3 Å². The van der Waals surface area contributed by atoms with E-state index in [1.165, 1.54) is 13.2 Å². The molecule has 2 aromatic rings. The van der Waals surface area contributed by atoms with E-state index in [1.807, 2.05) is 18.2 Å². The van der Waals surface area contributed by atoms with Crippen molar-refractivity contribution in [3.8, 4) is 28.5 Å². The van der Waals surface area contributed by atoms with Crippen molar-refractivity contribution in [3.63, 3.8) is 0 Å². The molecule has 0 saturated carbocycles. The van der Waals surface area contributed by atoms with E-state index in [9.17, 15) is 5.11 Å². The number of nitrogens with zero attached hydrogens (tertiary/aromatic N) is 1. The third-order valence-electron chi connectivity index (χ3n) is 2.44. The van der Waals surface area contributed by atoms with Crippen LogP contribution in [0, 0.1) is 0 Å².